The van der Waals surface area contributed by atoms with Gasteiger partial charge < -0.3 is 5.11 Å². The zero-order chi connectivity index (χ0) is 17.3. The minimum absolute atomic E-state index is 0.323. The third kappa shape index (κ3) is 5.01. The molecule has 122 valence electrons. The molecule has 1 N–H and O–H groups in total. The molecule has 4 rings (SSSR count). The van der Waals surface area contributed by atoms with Gasteiger partial charge in [-0.2, -0.15) is 10.2 Å². The monoisotopic (exact) mass is 326 g/mol. The van der Waals surface area contributed by atoms with Crippen molar-refractivity contribution in [2.45, 2.75) is 0 Å². The van der Waals surface area contributed by atoms with E-state index in [0.717, 1.165) is 22.1 Å². The summed E-state index contributed by atoms with van der Waals surface area (Å²) in [7, 11) is 0. The quantitative estimate of drug-likeness (QED) is 0.412. The third-order valence-electron chi connectivity index (χ3n) is 3.53. The Morgan fingerprint density at radius 2 is 0.960 bits per heavy atom. The van der Waals surface area contributed by atoms with Gasteiger partial charge >= 0.3 is 0 Å². The van der Waals surface area contributed by atoms with Crippen LogP contribution in [0, 0.1) is 0 Å². The van der Waals surface area contributed by atoms with E-state index in [1.54, 1.807) is 12.1 Å². The Kier molecular flexibility index (Phi) is 5.52. The van der Waals surface area contributed by atoms with E-state index in [4.69, 9.17) is 5.11 Å². The Bertz CT molecular complexity index is 909. The van der Waals surface area contributed by atoms with Crippen molar-refractivity contribution in [1.29, 1.82) is 0 Å². The van der Waals surface area contributed by atoms with Crippen LogP contribution in [-0.4, -0.2) is 5.11 Å². The molecular formula is C22H18N2O. The van der Waals surface area contributed by atoms with Gasteiger partial charge in [0.15, 0.2) is 0 Å². The number of phenols is 1. The summed E-state index contributed by atoms with van der Waals surface area (Å²) in [6, 6.07) is 32.7. The first-order chi connectivity index (χ1) is 12.3. The van der Waals surface area contributed by atoms with Crippen molar-refractivity contribution < 1.29 is 5.11 Å². The molecule has 0 fully saturated rings. The van der Waals surface area contributed by atoms with Crippen LogP contribution in [0.2, 0.25) is 0 Å². The summed E-state index contributed by atoms with van der Waals surface area (Å²) in [6.45, 7) is 0. The SMILES string of the molecule is Oc1ccc2ccccc2c1.c1ccc(N=Nc2ccccc2)cc1. The van der Waals surface area contributed by atoms with Crippen LogP contribution in [0.15, 0.2) is 113 Å². The van der Waals surface area contributed by atoms with Gasteiger partial charge in [0.2, 0.25) is 0 Å². The van der Waals surface area contributed by atoms with Crippen LogP contribution in [-0.2, 0) is 0 Å². The van der Waals surface area contributed by atoms with Crippen molar-refractivity contribution >= 4 is 22.1 Å². The molecule has 0 spiro atoms. The molecule has 4 aromatic rings. The lowest BCUT2D eigenvalue weighted by Crippen LogP contribution is -1.69. The molecule has 0 amide bonds. The molecule has 0 aliphatic carbocycles. The lowest BCUT2D eigenvalue weighted by atomic mass is 10.1. The first-order valence-electron chi connectivity index (χ1n) is 8.01. The number of azo groups is 1. The van der Waals surface area contributed by atoms with Gasteiger partial charge in [-0.1, -0.05) is 66.7 Å². The first kappa shape index (κ1) is 16.4. The van der Waals surface area contributed by atoms with Crippen LogP contribution in [0.4, 0.5) is 11.4 Å². The predicted octanol–water partition coefficient (Wildman–Crippen LogP) is 6.65. The van der Waals surface area contributed by atoms with Gasteiger partial charge in [-0.25, -0.2) is 0 Å². The standard InChI is InChI=1S/C12H10N2.C10H8O/c1-3-7-11(8-4-1)13-14-12-9-5-2-6-10-12;11-10-6-5-8-3-1-2-4-9(8)7-10/h1-10H;1-7,11H. The van der Waals surface area contributed by atoms with Crippen molar-refractivity contribution in [3.05, 3.63) is 103 Å². The van der Waals surface area contributed by atoms with Crippen LogP contribution < -0.4 is 0 Å². The number of aromatic hydroxyl groups is 1. The predicted molar refractivity (Wildman–Crippen MR) is 103 cm³/mol. The van der Waals surface area contributed by atoms with Gasteiger partial charge in [-0.05, 0) is 47.2 Å². The Morgan fingerprint density at radius 1 is 0.480 bits per heavy atom. The fourth-order valence-electron chi connectivity index (χ4n) is 2.28. The number of rotatable bonds is 2. The zero-order valence-corrected chi connectivity index (χ0v) is 13.7. The van der Waals surface area contributed by atoms with Crippen LogP contribution in [0.25, 0.3) is 10.8 Å². The molecule has 0 saturated carbocycles. The number of benzene rings is 4. The second-order valence-corrected chi connectivity index (χ2v) is 5.40. The fourth-order valence-corrected chi connectivity index (χ4v) is 2.28. The fraction of sp³-hybridized carbons (Fsp3) is 0. The van der Waals surface area contributed by atoms with Gasteiger partial charge in [0.05, 0.1) is 11.4 Å². The molecule has 0 saturated heterocycles. The molecule has 25 heavy (non-hydrogen) atoms. The van der Waals surface area contributed by atoms with Crippen molar-refractivity contribution in [3.63, 3.8) is 0 Å². The van der Waals surface area contributed by atoms with E-state index < -0.39 is 0 Å². The number of fused-ring (bicyclic) bond motifs is 1. The number of hydrogen-bond acceptors (Lipinski definition) is 3. The van der Waals surface area contributed by atoms with E-state index in [9.17, 15) is 0 Å². The van der Waals surface area contributed by atoms with E-state index in [1.807, 2.05) is 91.0 Å². The van der Waals surface area contributed by atoms with E-state index in [-0.39, 0.29) is 0 Å². The van der Waals surface area contributed by atoms with Crippen molar-refractivity contribution in [1.82, 2.24) is 0 Å². The Balaban J connectivity index is 0.000000150. The Labute approximate surface area is 146 Å². The third-order valence-corrected chi connectivity index (χ3v) is 3.53. The zero-order valence-electron chi connectivity index (χ0n) is 13.7. The molecule has 0 atom stereocenters. The van der Waals surface area contributed by atoms with E-state index in [0.29, 0.717) is 5.75 Å². The molecule has 3 nitrogen and oxygen atoms in total. The largest absolute Gasteiger partial charge is 0.508 e. The molecule has 3 heteroatoms. The minimum atomic E-state index is 0.323. The molecule has 0 bridgehead atoms. The first-order valence-corrected chi connectivity index (χ1v) is 8.01. The van der Waals surface area contributed by atoms with Gasteiger partial charge in [-0.15, -0.1) is 0 Å². The second kappa shape index (κ2) is 8.41. The second-order valence-electron chi connectivity index (χ2n) is 5.40. The summed E-state index contributed by atoms with van der Waals surface area (Å²) >= 11 is 0. The van der Waals surface area contributed by atoms with Crippen LogP contribution in [0.5, 0.6) is 5.75 Å². The summed E-state index contributed by atoms with van der Waals surface area (Å²) < 4.78 is 0. The van der Waals surface area contributed by atoms with Crippen LogP contribution in [0.3, 0.4) is 0 Å². The van der Waals surface area contributed by atoms with Crippen LogP contribution in [0.1, 0.15) is 0 Å². The highest BCUT2D eigenvalue weighted by Crippen LogP contribution is 2.19. The Morgan fingerprint density at radius 3 is 1.52 bits per heavy atom. The van der Waals surface area contributed by atoms with E-state index >= 15 is 0 Å². The van der Waals surface area contributed by atoms with E-state index in [2.05, 4.69) is 10.2 Å². The number of nitrogens with zero attached hydrogens (tertiary/aromatic N) is 2. The molecule has 0 aromatic heterocycles. The van der Waals surface area contributed by atoms with E-state index in [1.165, 1.54) is 0 Å². The number of hydrogen-bond donors (Lipinski definition) is 1. The maximum Gasteiger partial charge on any atom is 0.116 e. The molecule has 0 aliphatic heterocycles. The van der Waals surface area contributed by atoms with Crippen LogP contribution >= 0.6 is 0 Å². The maximum atomic E-state index is 9.13. The van der Waals surface area contributed by atoms with Crippen molar-refractivity contribution in [3.8, 4) is 5.75 Å². The van der Waals surface area contributed by atoms with Gasteiger partial charge in [0, 0.05) is 0 Å². The van der Waals surface area contributed by atoms with Gasteiger partial charge in [-0.3, -0.25) is 0 Å². The lowest BCUT2D eigenvalue weighted by molar-refractivity contribution is 0.476. The molecule has 0 aliphatic rings. The highest BCUT2D eigenvalue weighted by Gasteiger charge is 1.91. The molecule has 4 aromatic carbocycles. The molecular weight excluding hydrogens is 308 g/mol. The van der Waals surface area contributed by atoms with Gasteiger partial charge in [0.1, 0.15) is 5.75 Å². The normalized spacial score (nSPS) is 10.4. The maximum absolute atomic E-state index is 9.13. The highest BCUT2D eigenvalue weighted by atomic mass is 16.3. The molecule has 0 heterocycles. The van der Waals surface area contributed by atoms with Crippen molar-refractivity contribution in [2.24, 2.45) is 10.2 Å². The molecule has 0 unspecified atom stereocenters. The van der Waals surface area contributed by atoms with Gasteiger partial charge in [0.25, 0.3) is 0 Å². The smallest absolute Gasteiger partial charge is 0.116 e. The summed E-state index contributed by atoms with van der Waals surface area (Å²) in [5.41, 5.74) is 1.74. The lowest BCUT2D eigenvalue weighted by Gasteiger charge is -1.96. The summed E-state index contributed by atoms with van der Waals surface area (Å²) in [4.78, 5) is 0. The topological polar surface area (TPSA) is 45.0 Å². The average Bonchev–Trinajstić information content (AvgIpc) is 2.68. The number of phenolic OH excluding ortho intramolecular Hbond substituents is 1. The highest BCUT2D eigenvalue weighted by molar-refractivity contribution is 5.83. The summed E-state index contributed by atoms with van der Waals surface area (Å²) in [5, 5.41) is 19.6. The summed E-state index contributed by atoms with van der Waals surface area (Å²) in [5.74, 6) is 0.323. The minimum Gasteiger partial charge on any atom is -0.508 e. The molecule has 0 radical (unpaired) electrons. The Hall–Kier alpha value is -3.46. The van der Waals surface area contributed by atoms with Crippen molar-refractivity contribution in [2.75, 3.05) is 0 Å². The summed E-state index contributed by atoms with van der Waals surface area (Å²) in [6.07, 6.45) is 0. The average molecular weight is 326 g/mol.